The van der Waals surface area contributed by atoms with Crippen LogP contribution in [0.15, 0.2) is 42.5 Å². The maximum Gasteiger partial charge on any atom is 0.310 e. The fourth-order valence-electron chi connectivity index (χ4n) is 5.31. The summed E-state index contributed by atoms with van der Waals surface area (Å²) in [4.78, 5) is 47.8. The van der Waals surface area contributed by atoms with E-state index in [1.54, 1.807) is 25.1 Å². The van der Waals surface area contributed by atoms with E-state index < -0.39 is 29.3 Å². The summed E-state index contributed by atoms with van der Waals surface area (Å²) in [6.07, 6.45) is 0.558. The van der Waals surface area contributed by atoms with Crippen LogP contribution < -0.4 is 4.74 Å². The van der Waals surface area contributed by atoms with Crippen molar-refractivity contribution in [3.05, 3.63) is 63.7 Å². The number of hydrogen-bond acceptors (Lipinski definition) is 8. The molecule has 1 aliphatic heterocycles. The highest BCUT2D eigenvalue weighted by atomic mass is 79.9. The molecule has 9 nitrogen and oxygen atoms in total. The number of ketones is 1. The highest BCUT2D eigenvalue weighted by Crippen LogP contribution is 2.60. The molecule has 1 saturated heterocycles. The normalized spacial score (nSPS) is 28.5. The van der Waals surface area contributed by atoms with E-state index in [4.69, 9.17) is 14.2 Å². The molecule has 2 bridgehead atoms. The Labute approximate surface area is 202 Å². The standard InChI is InChI=1S/C24H20BrNO8/c1-11-8-12(2-7-18(11)33-14-5-3-13(4-6-14)26(30)31)17(27)10-32-23(28)19-15-9-16-20(19)24(29)34-22(16)21(15)25/h2-8,15-16,19-22H,9-10H2,1H3/t15-,16-,19-,20-,21+,22+/m1/s1. The number of ether oxygens (including phenoxy) is 3. The number of esters is 2. The Bertz CT molecular complexity index is 1200. The summed E-state index contributed by atoms with van der Waals surface area (Å²) in [6.45, 7) is 1.34. The van der Waals surface area contributed by atoms with Gasteiger partial charge in [0.2, 0.25) is 0 Å². The number of hydrogen-bond donors (Lipinski definition) is 0. The maximum atomic E-state index is 12.8. The molecule has 10 heteroatoms. The zero-order valence-electron chi connectivity index (χ0n) is 18.0. The van der Waals surface area contributed by atoms with Gasteiger partial charge in [0, 0.05) is 23.6 Å². The van der Waals surface area contributed by atoms with Gasteiger partial charge in [-0.05, 0) is 55.2 Å². The number of nitro groups is 1. The highest BCUT2D eigenvalue weighted by Gasteiger charge is 2.68. The minimum Gasteiger partial charge on any atom is -0.461 e. The van der Waals surface area contributed by atoms with E-state index in [2.05, 4.69) is 15.9 Å². The van der Waals surface area contributed by atoms with Crippen LogP contribution in [0.2, 0.25) is 0 Å². The molecule has 5 rings (SSSR count). The first kappa shape index (κ1) is 22.5. The molecule has 2 aliphatic carbocycles. The quantitative estimate of drug-likeness (QED) is 0.173. The molecule has 0 amide bonds. The van der Waals surface area contributed by atoms with Gasteiger partial charge in [0.15, 0.2) is 12.4 Å². The van der Waals surface area contributed by atoms with Gasteiger partial charge >= 0.3 is 11.9 Å². The molecule has 6 atom stereocenters. The van der Waals surface area contributed by atoms with Crippen LogP contribution >= 0.6 is 15.9 Å². The van der Waals surface area contributed by atoms with Gasteiger partial charge in [-0.1, -0.05) is 15.9 Å². The van der Waals surface area contributed by atoms with Crippen molar-refractivity contribution in [3.63, 3.8) is 0 Å². The van der Waals surface area contributed by atoms with E-state index in [0.717, 1.165) is 6.42 Å². The van der Waals surface area contributed by atoms with Crippen molar-refractivity contribution in [2.75, 3.05) is 6.61 Å². The van der Waals surface area contributed by atoms with Crippen LogP contribution in [0.1, 0.15) is 22.3 Å². The highest BCUT2D eigenvalue weighted by molar-refractivity contribution is 9.09. The van der Waals surface area contributed by atoms with Crippen LogP contribution in [0.3, 0.4) is 0 Å². The van der Waals surface area contributed by atoms with Crippen LogP contribution in [-0.2, 0) is 19.1 Å². The van der Waals surface area contributed by atoms with Crippen LogP contribution in [0.4, 0.5) is 5.69 Å². The van der Waals surface area contributed by atoms with Gasteiger partial charge in [-0.2, -0.15) is 0 Å². The van der Waals surface area contributed by atoms with E-state index in [-0.39, 0.29) is 40.2 Å². The second-order valence-electron chi connectivity index (χ2n) is 8.83. The Kier molecular flexibility index (Phi) is 5.63. The summed E-state index contributed by atoms with van der Waals surface area (Å²) in [5.41, 5.74) is 0.986. The lowest BCUT2D eigenvalue weighted by atomic mass is 9.80. The van der Waals surface area contributed by atoms with Crippen molar-refractivity contribution in [2.45, 2.75) is 24.3 Å². The second kappa shape index (κ2) is 8.50. The molecule has 0 unspecified atom stereocenters. The molecular formula is C24H20BrNO8. The first-order chi connectivity index (χ1) is 16.2. The van der Waals surface area contributed by atoms with Crippen LogP contribution in [0.25, 0.3) is 0 Å². The monoisotopic (exact) mass is 529 g/mol. The SMILES string of the molecule is Cc1cc(C(=O)COC(=O)[C@@H]2[C@H]3C[C@H]4[C@H](OC(=O)[C@H]42)[C@H]3Br)ccc1Oc1ccc([N+](=O)[O-])cc1. The predicted molar refractivity (Wildman–Crippen MR) is 121 cm³/mol. The Hall–Kier alpha value is -3.27. The summed E-state index contributed by atoms with van der Waals surface area (Å²) in [5.74, 6) is -1.43. The number of rotatable bonds is 7. The number of fused-ring (bicyclic) bond motifs is 1. The molecule has 2 saturated carbocycles. The number of benzene rings is 2. The second-order valence-corrected chi connectivity index (χ2v) is 9.88. The van der Waals surface area contributed by atoms with E-state index >= 15 is 0 Å². The first-order valence-electron chi connectivity index (χ1n) is 10.8. The summed E-state index contributed by atoms with van der Waals surface area (Å²) in [5, 5.41) is 10.8. The number of nitrogens with zero attached hydrogens (tertiary/aromatic N) is 1. The van der Waals surface area contributed by atoms with Crippen molar-refractivity contribution in [1.29, 1.82) is 0 Å². The van der Waals surface area contributed by atoms with Crippen molar-refractivity contribution < 1.29 is 33.5 Å². The number of nitro benzene ring substituents is 1. The van der Waals surface area contributed by atoms with Crippen LogP contribution in [0, 0.1) is 40.7 Å². The van der Waals surface area contributed by atoms with Gasteiger partial charge in [0.25, 0.3) is 5.69 Å². The Morgan fingerprint density at radius 3 is 2.59 bits per heavy atom. The molecule has 0 N–H and O–H groups in total. The predicted octanol–water partition coefficient (Wildman–Crippen LogP) is 3.99. The van der Waals surface area contributed by atoms with E-state index in [1.807, 2.05) is 0 Å². The Balaban J connectivity index is 1.21. The molecule has 3 aliphatic rings. The Morgan fingerprint density at radius 1 is 1.18 bits per heavy atom. The number of Topliss-reactive ketones (excluding diaryl/α,β-unsaturated/α-hetero) is 1. The molecule has 2 aromatic rings. The van der Waals surface area contributed by atoms with E-state index in [1.165, 1.54) is 24.3 Å². The summed E-state index contributed by atoms with van der Waals surface area (Å²) < 4.78 is 16.5. The average Bonchev–Trinajstić information content (AvgIpc) is 3.43. The van der Waals surface area contributed by atoms with E-state index in [0.29, 0.717) is 22.6 Å². The maximum absolute atomic E-state index is 12.8. The van der Waals surface area contributed by atoms with Gasteiger partial charge in [0.1, 0.15) is 17.6 Å². The molecule has 0 aromatic heterocycles. The lowest BCUT2D eigenvalue weighted by Crippen LogP contribution is -2.39. The van der Waals surface area contributed by atoms with Crippen molar-refractivity contribution >= 4 is 39.3 Å². The first-order valence-corrected chi connectivity index (χ1v) is 11.7. The fourth-order valence-corrected chi connectivity index (χ4v) is 6.36. The third-order valence-electron chi connectivity index (χ3n) is 6.91. The molecule has 1 heterocycles. The third kappa shape index (κ3) is 3.75. The third-order valence-corrected chi connectivity index (χ3v) is 8.11. The molecule has 0 spiro atoms. The fraction of sp³-hybridized carbons (Fsp3) is 0.375. The topological polar surface area (TPSA) is 122 Å². The largest absolute Gasteiger partial charge is 0.461 e. The molecule has 34 heavy (non-hydrogen) atoms. The summed E-state index contributed by atoms with van der Waals surface area (Å²) in [7, 11) is 0. The number of non-ortho nitro benzene ring substituents is 1. The van der Waals surface area contributed by atoms with Crippen molar-refractivity contribution in [1.82, 2.24) is 0 Å². The lowest BCUT2D eigenvalue weighted by molar-refractivity contribution is -0.384. The molecule has 3 fully saturated rings. The zero-order valence-corrected chi connectivity index (χ0v) is 19.6. The Morgan fingerprint density at radius 2 is 1.91 bits per heavy atom. The minimum absolute atomic E-state index is 0.0288. The van der Waals surface area contributed by atoms with Gasteiger partial charge in [-0.15, -0.1) is 0 Å². The van der Waals surface area contributed by atoms with Crippen LogP contribution in [-0.4, -0.2) is 40.2 Å². The molecular weight excluding hydrogens is 510 g/mol. The van der Waals surface area contributed by atoms with Crippen molar-refractivity contribution in [3.8, 4) is 11.5 Å². The zero-order chi connectivity index (χ0) is 24.1. The number of alkyl halides is 1. The summed E-state index contributed by atoms with van der Waals surface area (Å²) in [6, 6.07) is 10.5. The summed E-state index contributed by atoms with van der Waals surface area (Å²) >= 11 is 3.56. The lowest BCUT2D eigenvalue weighted by Gasteiger charge is -2.26. The number of carbonyl (C=O) groups excluding carboxylic acids is 3. The van der Waals surface area contributed by atoms with Gasteiger partial charge in [0.05, 0.1) is 21.6 Å². The minimum atomic E-state index is -0.590. The van der Waals surface area contributed by atoms with Gasteiger partial charge in [-0.3, -0.25) is 24.5 Å². The van der Waals surface area contributed by atoms with Crippen LogP contribution in [0.5, 0.6) is 11.5 Å². The number of aryl methyl sites for hydroxylation is 1. The van der Waals surface area contributed by atoms with E-state index in [9.17, 15) is 24.5 Å². The molecule has 0 radical (unpaired) electrons. The number of carbonyl (C=O) groups is 3. The molecule has 176 valence electrons. The van der Waals surface area contributed by atoms with Gasteiger partial charge in [-0.25, -0.2) is 0 Å². The van der Waals surface area contributed by atoms with Crippen molar-refractivity contribution in [2.24, 2.45) is 23.7 Å². The number of halogens is 1. The smallest absolute Gasteiger partial charge is 0.310 e. The molecule has 2 aromatic carbocycles. The average molecular weight is 530 g/mol. The van der Waals surface area contributed by atoms with Gasteiger partial charge < -0.3 is 14.2 Å².